The fourth-order valence-electron chi connectivity index (χ4n) is 4.59. The quantitative estimate of drug-likeness (QED) is 0.111. The highest BCUT2D eigenvalue weighted by atomic mass is 16.6. The molecule has 1 heterocycles. The number of aliphatic hydroxyl groups is 1. The summed E-state index contributed by atoms with van der Waals surface area (Å²) >= 11 is 0. The minimum Gasteiger partial charge on any atom is -0.494 e. The van der Waals surface area contributed by atoms with Crippen molar-refractivity contribution in [2.45, 2.75) is 70.1 Å². The van der Waals surface area contributed by atoms with Crippen LogP contribution < -0.4 is 10.1 Å². The van der Waals surface area contributed by atoms with Gasteiger partial charge in [-0.1, -0.05) is 29.4 Å². The molecule has 4 rings (SSSR count). The Morgan fingerprint density at radius 3 is 2.59 bits per heavy atom. The Bertz CT molecular complexity index is 1310. The van der Waals surface area contributed by atoms with E-state index in [9.17, 15) is 15.1 Å². The predicted molar refractivity (Wildman–Crippen MR) is 153 cm³/mol. The summed E-state index contributed by atoms with van der Waals surface area (Å²) in [6, 6.07) is 14.0. The van der Waals surface area contributed by atoms with Gasteiger partial charge in [-0.05, 0) is 75.7 Å². The van der Waals surface area contributed by atoms with Gasteiger partial charge in [-0.15, -0.1) is 0 Å². The van der Waals surface area contributed by atoms with E-state index in [0.717, 1.165) is 12.8 Å². The predicted octanol–water partition coefficient (Wildman–Crippen LogP) is 5.29. The molecule has 0 spiro atoms. The summed E-state index contributed by atoms with van der Waals surface area (Å²) in [5, 5.41) is 15.9. The molecule has 1 aliphatic heterocycles. The Morgan fingerprint density at radius 1 is 1.20 bits per heavy atom. The number of nitrogens with zero attached hydrogens (tertiary/aromatic N) is 4. The highest BCUT2D eigenvalue weighted by molar-refractivity contribution is 6.01. The summed E-state index contributed by atoms with van der Waals surface area (Å²) in [6.07, 6.45) is 1.57. The maximum absolute atomic E-state index is 14.0. The second-order valence-electron chi connectivity index (χ2n) is 11.3. The van der Waals surface area contributed by atoms with Gasteiger partial charge in [0.2, 0.25) is 5.90 Å². The van der Waals surface area contributed by atoms with E-state index >= 15 is 0 Å². The van der Waals surface area contributed by atoms with Crippen molar-refractivity contribution >= 4 is 23.5 Å². The van der Waals surface area contributed by atoms with Gasteiger partial charge in [-0.25, -0.2) is 4.99 Å². The summed E-state index contributed by atoms with van der Waals surface area (Å²) in [5.41, 5.74) is 8.40. The Labute approximate surface area is 239 Å². The maximum atomic E-state index is 14.0. The van der Waals surface area contributed by atoms with Crippen molar-refractivity contribution < 1.29 is 28.9 Å². The first-order valence-corrected chi connectivity index (χ1v) is 13.9. The van der Waals surface area contributed by atoms with Crippen LogP contribution in [0.15, 0.2) is 58.6 Å². The van der Waals surface area contributed by atoms with Crippen molar-refractivity contribution in [2.75, 3.05) is 19.8 Å². The molecule has 11 nitrogen and oxygen atoms in total. The number of benzene rings is 2. The number of rotatable bonds is 13. The standard InChI is InChI=1S/C30H37N5O6/c1-29(2,3)41-25(37)15-16-30(28(38)32-19-20-9-10-20)26(23-7-4-5-8-24(23)34-35-31)40-27(33-30)21-11-13-22(14-12-21)39-18-6-17-36/h4-5,7-8,11-14,20,26,36H,6,9-10,15-19H2,1-3H3,(H,32,38)/t26-,30-/m1/s1. The number of ether oxygens (including phenoxy) is 3. The van der Waals surface area contributed by atoms with Gasteiger partial charge >= 0.3 is 5.97 Å². The minimum atomic E-state index is -1.53. The van der Waals surface area contributed by atoms with Gasteiger partial charge in [-0.3, -0.25) is 9.59 Å². The van der Waals surface area contributed by atoms with Gasteiger partial charge in [0.1, 0.15) is 11.4 Å². The largest absolute Gasteiger partial charge is 0.494 e. The number of azide groups is 1. The molecule has 2 aromatic rings. The third-order valence-electron chi connectivity index (χ3n) is 6.78. The molecule has 2 atom stereocenters. The number of hydrogen-bond donors (Lipinski definition) is 2. The van der Waals surface area contributed by atoms with Gasteiger partial charge in [0.15, 0.2) is 11.6 Å². The third-order valence-corrected chi connectivity index (χ3v) is 6.78. The lowest BCUT2D eigenvalue weighted by Crippen LogP contribution is -2.49. The molecule has 1 saturated carbocycles. The van der Waals surface area contributed by atoms with Crippen molar-refractivity contribution in [1.82, 2.24) is 5.32 Å². The molecule has 11 heteroatoms. The lowest BCUT2D eigenvalue weighted by atomic mass is 9.82. The number of carbonyl (C=O) groups excluding carboxylic acids is 2. The Kier molecular flexibility index (Phi) is 9.52. The molecule has 0 aromatic heterocycles. The van der Waals surface area contributed by atoms with E-state index in [0.29, 0.717) is 48.1 Å². The zero-order valence-corrected chi connectivity index (χ0v) is 23.7. The van der Waals surface area contributed by atoms with Crippen molar-refractivity contribution in [2.24, 2.45) is 16.0 Å². The smallest absolute Gasteiger partial charge is 0.306 e. The average Bonchev–Trinajstić information content (AvgIpc) is 3.69. The Hall–Kier alpha value is -4.08. The molecule has 1 fully saturated rings. The first-order chi connectivity index (χ1) is 19.6. The van der Waals surface area contributed by atoms with E-state index in [1.807, 2.05) is 0 Å². The van der Waals surface area contributed by atoms with Crippen LogP contribution in [0.25, 0.3) is 10.4 Å². The number of amides is 1. The molecule has 41 heavy (non-hydrogen) atoms. The van der Waals surface area contributed by atoms with Crippen molar-refractivity contribution in [3.63, 3.8) is 0 Å². The van der Waals surface area contributed by atoms with Crippen molar-refractivity contribution in [3.05, 3.63) is 70.1 Å². The van der Waals surface area contributed by atoms with E-state index in [1.165, 1.54) is 0 Å². The maximum Gasteiger partial charge on any atom is 0.306 e. The van der Waals surface area contributed by atoms with Gasteiger partial charge in [0.05, 0.1) is 6.61 Å². The number of aliphatic imine (C=N–C) groups is 1. The van der Waals surface area contributed by atoms with Crippen LogP contribution in [-0.4, -0.2) is 53.8 Å². The SMILES string of the molecule is CC(C)(C)OC(=O)CC[C@@]1(C(=O)NCC2CC2)N=C(c2ccc(OCCCO)cc2)O[C@@H]1c1ccccc1N=[N+]=[N-]. The highest BCUT2D eigenvalue weighted by Gasteiger charge is 2.54. The number of hydrogen-bond acceptors (Lipinski definition) is 8. The van der Waals surface area contributed by atoms with E-state index in [4.69, 9.17) is 24.3 Å². The van der Waals surface area contributed by atoms with Crippen LogP contribution in [0.5, 0.6) is 5.75 Å². The van der Waals surface area contributed by atoms with E-state index in [2.05, 4.69) is 15.3 Å². The number of nitrogens with one attached hydrogen (secondary N) is 1. The van der Waals surface area contributed by atoms with Gasteiger partial charge in [0.25, 0.3) is 5.91 Å². The lowest BCUT2D eigenvalue weighted by molar-refractivity contribution is -0.155. The third kappa shape index (κ3) is 7.77. The molecule has 1 amide bonds. The topological polar surface area (TPSA) is 155 Å². The van der Waals surface area contributed by atoms with Crippen molar-refractivity contribution in [3.8, 4) is 5.75 Å². The molecule has 1 aliphatic carbocycles. The summed E-state index contributed by atoms with van der Waals surface area (Å²) in [4.78, 5) is 34.7. The van der Waals surface area contributed by atoms with Crippen molar-refractivity contribution in [1.29, 1.82) is 0 Å². The Morgan fingerprint density at radius 2 is 1.93 bits per heavy atom. The van der Waals surface area contributed by atoms with Crippen LogP contribution >= 0.6 is 0 Å². The summed E-state index contributed by atoms with van der Waals surface area (Å²) < 4.78 is 17.6. The average molecular weight is 564 g/mol. The minimum absolute atomic E-state index is 0.0134. The fraction of sp³-hybridized carbons (Fsp3) is 0.500. The second-order valence-corrected chi connectivity index (χ2v) is 11.3. The molecule has 0 unspecified atom stereocenters. The molecular weight excluding hydrogens is 526 g/mol. The second kappa shape index (κ2) is 13.1. The van der Waals surface area contributed by atoms with Crippen LogP contribution in [0.2, 0.25) is 0 Å². The molecule has 0 saturated heterocycles. The van der Waals surface area contributed by atoms with E-state index in [-0.39, 0.29) is 31.3 Å². The van der Waals surface area contributed by atoms with Crippen LogP contribution in [0.4, 0.5) is 5.69 Å². The van der Waals surface area contributed by atoms with Gasteiger partial charge in [0, 0.05) is 47.7 Å². The summed E-state index contributed by atoms with van der Waals surface area (Å²) in [6.45, 7) is 6.27. The Balaban J connectivity index is 1.74. The van der Waals surface area contributed by atoms with Crippen LogP contribution in [0.1, 0.15) is 70.1 Å². The van der Waals surface area contributed by atoms with E-state index in [1.54, 1.807) is 69.3 Å². The monoisotopic (exact) mass is 563 g/mol. The fourth-order valence-corrected chi connectivity index (χ4v) is 4.59. The molecule has 218 valence electrons. The van der Waals surface area contributed by atoms with E-state index < -0.39 is 23.2 Å². The zero-order valence-electron chi connectivity index (χ0n) is 23.7. The van der Waals surface area contributed by atoms with Crippen LogP contribution in [-0.2, 0) is 19.1 Å². The highest BCUT2D eigenvalue weighted by Crippen LogP contribution is 2.46. The van der Waals surface area contributed by atoms with Gasteiger partial charge < -0.3 is 24.6 Å². The molecular formula is C30H37N5O6. The molecule has 2 N–H and O–H groups in total. The molecule has 2 aromatic carbocycles. The summed E-state index contributed by atoms with van der Waals surface area (Å²) in [7, 11) is 0. The lowest BCUT2D eigenvalue weighted by Gasteiger charge is -2.31. The van der Waals surface area contributed by atoms with Gasteiger partial charge in [-0.2, -0.15) is 0 Å². The zero-order chi connectivity index (χ0) is 29.5. The number of carbonyl (C=O) groups is 2. The number of esters is 1. The summed E-state index contributed by atoms with van der Waals surface area (Å²) in [5.74, 6) is 0.428. The first kappa shape index (κ1) is 29.9. The molecule has 0 bridgehead atoms. The van der Waals surface area contributed by atoms with Crippen LogP contribution in [0, 0.1) is 5.92 Å². The van der Waals surface area contributed by atoms with Crippen LogP contribution in [0.3, 0.4) is 0 Å². The normalized spacial score (nSPS) is 19.9. The molecule has 0 radical (unpaired) electrons. The first-order valence-electron chi connectivity index (χ1n) is 13.9. The molecule has 2 aliphatic rings. The number of aliphatic hydroxyl groups excluding tert-OH is 1.